The summed E-state index contributed by atoms with van der Waals surface area (Å²) >= 11 is 6.28. The zero-order valence-electron chi connectivity index (χ0n) is 18.3. The third-order valence-electron chi connectivity index (χ3n) is 5.38. The minimum absolute atomic E-state index is 0.140. The Morgan fingerprint density at radius 2 is 1.97 bits per heavy atom. The second-order valence-corrected chi connectivity index (χ2v) is 8.15. The van der Waals surface area contributed by atoms with Crippen LogP contribution in [0.15, 0.2) is 65.8 Å². The van der Waals surface area contributed by atoms with Crippen LogP contribution in [0.4, 0.5) is 11.5 Å². The number of nitrogens with one attached hydrogen (secondary N) is 3. The average molecular weight is 464 g/mol. The van der Waals surface area contributed by atoms with Crippen LogP contribution in [0.5, 0.6) is 5.75 Å². The molecule has 4 rings (SSSR count). The Morgan fingerprint density at radius 1 is 1.12 bits per heavy atom. The molecule has 33 heavy (non-hydrogen) atoms. The van der Waals surface area contributed by atoms with Crippen molar-refractivity contribution in [1.29, 1.82) is 0 Å². The van der Waals surface area contributed by atoms with Gasteiger partial charge in [-0.25, -0.2) is 4.98 Å². The van der Waals surface area contributed by atoms with Gasteiger partial charge in [0.25, 0.3) is 0 Å². The highest BCUT2D eigenvalue weighted by atomic mass is 35.5. The van der Waals surface area contributed by atoms with Crippen molar-refractivity contribution in [3.8, 4) is 5.75 Å². The van der Waals surface area contributed by atoms with Gasteiger partial charge in [-0.1, -0.05) is 36.7 Å². The maximum atomic E-state index is 13.0. The number of phenols is 1. The van der Waals surface area contributed by atoms with Gasteiger partial charge in [0.1, 0.15) is 17.6 Å². The molecule has 1 aliphatic rings. The first-order valence-corrected chi connectivity index (χ1v) is 11.3. The molecule has 2 heterocycles. The highest BCUT2D eigenvalue weighted by Gasteiger charge is 2.27. The summed E-state index contributed by atoms with van der Waals surface area (Å²) in [7, 11) is 0. The highest BCUT2D eigenvalue weighted by Crippen LogP contribution is 2.29. The number of hydrogen-bond donors (Lipinski definition) is 4. The number of benzodiazepines with no additional fused rings is 1. The van der Waals surface area contributed by atoms with Crippen molar-refractivity contribution in [3.05, 3.63) is 82.5 Å². The van der Waals surface area contributed by atoms with E-state index in [0.717, 1.165) is 36.6 Å². The Balaban J connectivity index is 1.68. The first-order chi connectivity index (χ1) is 16.0. The molecule has 0 fully saturated rings. The second kappa shape index (κ2) is 10.5. The van der Waals surface area contributed by atoms with Crippen LogP contribution in [0, 0.1) is 0 Å². The number of amides is 1. The average Bonchev–Trinajstić information content (AvgIpc) is 2.95. The van der Waals surface area contributed by atoms with Gasteiger partial charge in [-0.2, -0.15) is 0 Å². The summed E-state index contributed by atoms with van der Waals surface area (Å²) in [5.41, 5.74) is 3.41. The van der Waals surface area contributed by atoms with Crippen LogP contribution in [0.1, 0.15) is 23.6 Å². The zero-order chi connectivity index (χ0) is 23.2. The van der Waals surface area contributed by atoms with Crippen molar-refractivity contribution in [2.75, 3.05) is 30.3 Å². The number of anilines is 2. The third kappa shape index (κ3) is 5.50. The van der Waals surface area contributed by atoms with E-state index in [2.05, 4.69) is 27.9 Å². The lowest BCUT2D eigenvalue weighted by atomic mass is 10.0. The number of halogens is 1. The van der Waals surface area contributed by atoms with E-state index in [9.17, 15) is 9.90 Å². The molecule has 0 radical (unpaired) electrons. The summed E-state index contributed by atoms with van der Waals surface area (Å²) in [4.78, 5) is 22.4. The van der Waals surface area contributed by atoms with Gasteiger partial charge < -0.3 is 21.1 Å². The van der Waals surface area contributed by atoms with Gasteiger partial charge in [0, 0.05) is 41.9 Å². The van der Waals surface area contributed by atoms with Crippen LogP contribution >= 0.6 is 11.6 Å². The van der Waals surface area contributed by atoms with Gasteiger partial charge in [-0.05, 0) is 48.5 Å². The molecule has 0 spiro atoms. The molecular formula is C25H26ClN5O2. The van der Waals surface area contributed by atoms with Crippen LogP contribution in [0.25, 0.3) is 0 Å². The molecule has 0 bridgehead atoms. The molecule has 7 nitrogen and oxygen atoms in total. The van der Waals surface area contributed by atoms with Crippen molar-refractivity contribution in [3.63, 3.8) is 0 Å². The molecule has 1 aromatic heterocycles. The number of benzene rings is 2. The number of phenolic OH excluding ortho intramolecular Hbond substituents is 1. The second-order valence-electron chi connectivity index (χ2n) is 7.72. The number of aromatic hydroxyl groups is 1. The summed E-state index contributed by atoms with van der Waals surface area (Å²) in [6.07, 6.45) is 2.01. The summed E-state index contributed by atoms with van der Waals surface area (Å²) in [5.74, 6) is 0.658. The topological polar surface area (TPSA) is 98.6 Å². The highest BCUT2D eigenvalue weighted by molar-refractivity contribution is 6.32. The minimum atomic E-state index is -0.725. The van der Waals surface area contributed by atoms with Crippen molar-refractivity contribution >= 4 is 34.7 Å². The third-order valence-corrected chi connectivity index (χ3v) is 5.62. The molecule has 0 saturated heterocycles. The first kappa shape index (κ1) is 22.8. The SMILES string of the molecule is CCNCCNc1ccc(C2=NC(Cc3ccccc3O)C(=O)Nc3ccc(Cl)cc32)cn1. The number of hydrogen-bond acceptors (Lipinski definition) is 6. The van der Waals surface area contributed by atoms with Gasteiger partial charge >= 0.3 is 0 Å². The van der Waals surface area contributed by atoms with Gasteiger partial charge in [0.15, 0.2) is 0 Å². The van der Waals surface area contributed by atoms with Crippen LogP contribution in [-0.2, 0) is 11.2 Å². The molecule has 0 saturated carbocycles. The number of aromatic nitrogens is 1. The van der Waals surface area contributed by atoms with E-state index in [1.165, 1.54) is 0 Å². The molecular weight excluding hydrogens is 438 g/mol. The molecule has 1 aliphatic heterocycles. The normalized spacial score (nSPS) is 15.3. The zero-order valence-corrected chi connectivity index (χ0v) is 19.1. The van der Waals surface area contributed by atoms with E-state index in [-0.39, 0.29) is 18.1 Å². The van der Waals surface area contributed by atoms with Gasteiger partial charge in [0.2, 0.25) is 5.91 Å². The minimum Gasteiger partial charge on any atom is -0.508 e. The summed E-state index contributed by atoms with van der Waals surface area (Å²) in [6, 6.07) is 15.4. The van der Waals surface area contributed by atoms with E-state index in [1.54, 1.807) is 42.6 Å². The Morgan fingerprint density at radius 3 is 2.73 bits per heavy atom. The van der Waals surface area contributed by atoms with Crippen LogP contribution in [0.3, 0.4) is 0 Å². The fourth-order valence-electron chi connectivity index (χ4n) is 3.68. The number of fused-ring (bicyclic) bond motifs is 1. The fourth-order valence-corrected chi connectivity index (χ4v) is 3.85. The van der Waals surface area contributed by atoms with E-state index in [0.29, 0.717) is 22.0 Å². The van der Waals surface area contributed by atoms with E-state index in [4.69, 9.17) is 16.6 Å². The number of rotatable bonds is 8. The molecule has 0 aliphatic carbocycles. The lowest BCUT2D eigenvalue weighted by molar-refractivity contribution is -0.117. The van der Waals surface area contributed by atoms with Gasteiger partial charge in [-0.15, -0.1) is 0 Å². The molecule has 2 aromatic carbocycles. The standard InChI is InChI=1S/C25H26ClN5O2/c1-2-27-11-12-28-23-10-7-17(15-29-23)24-19-14-18(26)8-9-20(19)31-25(33)21(30-24)13-16-5-3-4-6-22(16)32/h3-10,14-15,21,27,32H,2,11-13H2,1H3,(H,28,29)(H,31,33). The monoisotopic (exact) mass is 463 g/mol. The van der Waals surface area contributed by atoms with Crippen molar-refractivity contribution in [1.82, 2.24) is 10.3 Å². The van der Waals surface area contributed by atoms with E-state index >= 15 is 0 Å². The van der Waals surface area contributed by atoms with Crippen molar-refractivity contribution in [2.24, 2.45) is 4.99 Å². The molecule has 1 unspecified atom stereocenters. The predicted octanol–water partition coefficient (Wildman–Crippen LogP) is 3.86. The fraction of sp³-hybridized carbons (Fsp3) is 0.240. The van der Waals surface area contributed by atoms with Crippen LogP contribution in [-0.4, -0.2) is 47.4 Å². The number of carbonyl (C=O) groups excluding carboxylic acids is 1. The van der Waals surface area contributed by atoms with E-state index in [1.807, 2.05) is 18.2 Å². The number of carbonyl (C=O) groups is 1. The smallest absolute Gasteiger partial charge is 0.249 e. The largest absolute Gasteiger partial charge is 0.508 e. The summed E-state index contributed by atoms with van der Waals surface area (Å²) < 4.78 is 0. The van der Waals surface area contributed by atoms with Gasteiger partial charge in [0.05, 0.1) is 11.4 Å². The van der Waals surface area contributed by atoms with E-state index < -0.39 is 6.04 Å². The lowest BCUT2D eigenvalue weighted by Crippen LogP contribution is -2.27. The maximum Gasteiger partial charge on any atom is 0.249 e. The Hall–Kier alpha value is -3.42. The lowest BCUT2D eigenvalue weighted by Gasteiger charge is -2.12. The summed E-state index contributed by atoms with van der Waals surface area (Å²) in [5, 5.41) is 20.2. The number of likely N-dealkylation sites (N-methyl/N-ethyl adjacent to an activating group) is 1. The molecule has 1 amide bonds. The Bertz CT molecular complexity index is 1160. The quantitative estimate of drug-likeness (QED) is 0.380. The first-order valence-electron chi connectivity index (χ1n) is 10.9. The number of pyridine rings is 1. The molecule has 170 valence electrons. The number of aliphatic imine (C=N–C) groups is 1. The maximum absolute atomic E-state index is 13.0. The molecule has 8 heteroatoms. The van der Waals surface area contributed by atoms with Crippen molar-refractivity contribution < 1.29 is 9.90 Å². The molecule has 4 N–H and O–H groups in total. The molecule has 3 aromatic rings. The van der Waals surface area contributed by atoms with Gasteiger partial charge in [-0.3, -0.25) is 9.79 Å². The molecule has 1 atom stereocenters. The Kier molecular flexibility index (Phi) is 7.22. The Labute approximate surface area is 197 Å². The summed E-state index contributed by atoms with van der Waals surface area (Å²) in [6.45, 7) is 4.60. The van der Waals surface area contributed by atoms with Crippen molar-refractivity contribution in [2.45, 2.75) is 19.4 Å². The number of para-hydroxylation sites is 1. The van der Waals surface area contributed by atoms with Crippen LogP contribution < -0.4 is 16.0 Å². The van der Waals surface area contributed by atoms with Crippen LogP contribution in [0.2, 0.25) is 5.02 Å². The number of nitrogens with zero attached hydrogens (tertiary/aromatic N) is 2. The predicted molar refractivity (Wildman–Crippen MR) is 133 cm³/mol.